The number of hydrogen-bond donors (Lipinski definition) is 1. The summed E-state index contributed by atoms with van der Waals surface area (Å²) in [5.41, 5.74) is 2.49. The lowest BCUT2D eigenvalue weighted by Gasteiger charge is -2.30. The van der Waals surface area contributed by atoms with Gasteiger partial charge in [0.1, 0.15) is 5.75 Å². The Balaban J connectivity index is 1.89. The number of carbonyl (C=O) groups excluding carboxylic acids is 1. The van der Waals surface area contributed by atoms with Gasteiger partial charge in [-0.05, 0) is 36.1 Å². The van der Waals surface area contributed by atoms with Gasteiger partial charge in [0, 0.05) is 11.6 Å². The molecule has 4 heteroatoms. The number of rotatable bonds is 2. The van der Waals surface area contributed by atoms with Crippen LogP contribution in [0.4, 0.5) is 5.69 Å². The third-order valence-electron chi connectivity index (χ3n) is 3.80. The highest BCUT2D eigenvalue weighted by Crippen LogP contribution is 2.35. The van der Waals surface area contributed by atoms with Gasteiger partial charge >= 0.3 is 0 Å². The molecule has 1 amide bonds. The number of fused-ring (bicyclic) bond motifs is 1. The van der Waals surface area contributed by atoms with Crippen LogP contribution in [0.15, 0.2) is 42.5 Å². The van der Waals surface area contributed by atoms with Gasteiger partial charge in [-0.3, -0.25) is 4.79 Å². The Labute approximate surface area is 128 Å². The zero-order chi connectivity index (χ0) is 14.8. The molecular formula is C17H16ClNO2. The third-order valence-corrected chi connectivity index (χ3v) is 4.17. The minimum atomic E-state index is -0.0365. The molecule has 0 bridgehead atoms. The molecule has 0 spiro atoms. The first kappa shape index (κ1) is 14.0. The van der Waals surface area contributed by atoms with Gasteiger partial charge in [0.15, 0.2) is 0 Å². The number of anilines is 1. The summed E-state index contributed by atoms with van der Waals surface area (Å²) in [7, 11) is 0. The molecule has 2 aromatic carbocycles. The first-order valence-corrected chi connectivity index (χ1v) is 7.39. The number of para-hydroxylation sites is 1. The van der Waals surface area contributed by atoms with E-state index in [1.807, 2.05) is 30.3 Å². The van der Waals surface area contributed by atoms with E-state index in [1.54, 1.807) is 17.0 Å². The molecule has 2 aromatic rings. The average Bonchev–Trinajstić information content (AvgIpc) is 2.49. The van der Waals surface area contributed by atoms with Crippen molar-refractivity contribution in [3.05, 3.63) is 58.6 Å². The lowest BCUT2D eigenvalue weighted by molar-refractivity contribution is -0.118. The van der Waals surface area contributed by atoms with Crippen LogP contribution in [0.3, 0.4) is 0 Å². The fourth-order valence-electron chi connectivity index (χ4n) is 2.78. The molecule has 0 aliphatic carbocycles. The van der Waals surface area contributed by atoms with Crippen LogP contribution >= 0.6 is 11.6 Å². The third kappa shape index (κ3) is 2.74. The number of aryl methyl sites for hydroxylation is 1. The lowest BCUT2D eigenvalue weighted by atomic mass is 10.00. The molecule has 0 radical (unpaired) electrons. The number of carbonyl (C=O) groups is 1. The molecule has 108 valence electrons. The Kier molecular flexibility index (Phi) is 3.84. The fourth-order valence-corrected chi connectivity index (χ4v) is 2.98. The van der Waals surface area contributed by atoms with E-state index in [2.05, 4.69) is 0 Å². The van der Waals surface area contributed by atoms with E-state index in [0.29, 0.717) is 17.3 Å². The van der Waals surface area contributed by atoms with Gasteiger partial charge in [-0.2, -0.15) is 0 Å². The maximum atomic E-state index is 12.6. The van der Waals surface area contributed by atoms with Crippen LogP contribution in [0.25, 0.3) is 0 Å². The zero-order valence-electron chi connectivity index (χ0n) is 11.6. The van der Waals surface area contributed by atoms with Crippen molar-refractivity contribution in [2.75, 3.05) is 11.4 Å². The summed E-state index contributed by atoms with van der Waals surface area (Å²) in [6.07, 6.45) is 2.04. The Hall–Kier alpha value is -2.00. The van der Waals surface area contributed by atoms with Crippen molar-refractivity contribution in [2.24, 2.45) is 0 Å². The highest BCUT2D eigenvalue weighted by molar-refractivity contribution is 6.31. The topological polar surface area (TPSA) is 40.5 Å². The summed E-state index contributed by atoms with van der Waals surface area (Å²) in [5.74, 6) is 0.130. The summed E-state index contributed by atoms with van der Waals surface area (Å²) < 4.78 is 0. The molecule has 3 rings (SSSR count). The second-order valence-corrected chi connectivity index (χ2v) is 5.61. The van der Waals surface area contributed by atoms with Crippen LogP contribution < -0.4 is 4.90 Å². The van der Waals surface area contributed by atoms with Crippen molar-refractivity contribution >= 4 is 23.2 Å². The highest BCUT2D eigenvalue weighted by atomic mass is 35.5. The van der Waals surface area contributed by atoms with Gasteiger partial charge in [-0.15, -0.1) is 0 Å². The predicted molar refractivity (Wildman–Crippen MR) is 83.9 cm³/mol. The zero-order valence-corrected chi connectivity index (χ0v) is 12.3. The average molecular weight is 302 g/mol. The Bertz CT molecular complexity index is 684. The van der Waals surface area contributed by atoms with Crippen LogP contribution in [-0.4, -0.2) is 17.6 Å². The number of amides is 1. The minimum absolute atomic E-state index is 0.0365. The minimum Gasteiger partial charge on any atom is -0.506 e. The quantitative estimate of drug-likeness (QED) is 0.921. The molecule has 0 fully saturated rings. The van der Waals surface area contributed by atoms with Gasteiger partial charge < -0.3 is 10.0 Å². The summed E-state index contributed by atoms with van der Waals surface area (Å²) in [5, 5.41) is 10.7. The normalized spacial score (nSPS) is 13.9. The van der Waals surface area contributed by atoms with Crippen molar-refractivity contribution in [3.8, 4) is 5.75 Å². The van der Waals surface area contributed by atoms with Gasteiger partial charge in [0.25, 0.3) is 0 Å². The second-order valence-electron chi connectivity index (χ2n) is 5.20. The number of phenols is 1. The lowest BCUT2D eigenvalue weighted by Crippen LogP contribution is -2.36. The van der Waals surface area contributed by atoms with Crippen molar-refractivity contribution in [3.63, 3.8) is 0 Å². The first-order valence-electron chi connectivity index (χ1n) is 7.01. The summed E-state index contributed by atoms with van der Waals surface area (Å²) >= 11 is 6.12. The molecule has 1 N–H and O–H groups in total. The van der Waals surface area contributed by atoms with Gasteiger partial charge in [-0.25, -0.2) is 0 Å². The van der Waals surface area contributed by atoms with Gasteiger partial charge in [0.2, 0.25) is 5.91 Å². The standard InChI is InChI=1S/C17H16ClNO2/c18-14-8-2-1-5-13(14)11-16(21)19-10-4-7-12-6-3-9-15(20)17(12)19/h1-3,5-6,8-9,20H,4,7,10-11H2. The number of aromatic hydroxyl groups is 1. The smallest absolute Gasteiger partial charge is 0.231 e. The molecule has 1 aliphatic rings. The Morgan fingerprint density at radius 2 is 2.00 bits per heavy atom. The molecule has 21 heavy (non-hydrogen) atoms. The molecule has 0 unspecified atom stereocenters. The molecule has 0 aromatic heterocycles. The van der Waals surface area contributed by atoms with Gasteiger partial charge in [-0.1, -0.05) is 41.9 Å². The number of benzene rings is 2. The SMILES string of the molecule is O=C(Cc1ccccc1Cl)N1CCCc2cccc(O)c21. The van der Waals surface area contributed by atoms with Crippen LogP contribution in [0.5, 0.6) is 5.75 Å². The maximum absolute atomic E-state index is 12.6. The van der Waals surface area contributed by atoms with E-state index < -0.39 is 0 Å². The van der Waals surface area contributed by atoms with E-state index in [0.717, 1.165) is 24.0 Å². The van der Waals surface area contributed by atoms with Crippen molar-refractivity contribution in [1.29, 1.82) is 0 Å². The van der Waals surface area contributed by atoms with Crippen LogP contribution in [0.1, 0.15) is 17.5 Å². The van der Waals surface area contributed by atoms with E-state index >= 15 is 0 Å². The van der Waals surface area contributed by atoms with Crippen molar-refractivity contribution < 1.29 is 9.90 Å². The molecule has 1 aliphatic heterocycles. The van der Waals surface area contributed by atoms with Crippen LogP contribution in [0.2, 0.25) is 5.02 Å². The monoisotopic (exact) mass is 301 g/mol. The molecule has 0 saturated heterocycles. The van der Waals surface area contributed by atoms with Crippen LogP contribution in [-0.2, 0) is 17.6 Å². The molecule has 1 heterocycles. The fraction of sp³-hybridized carbons (Fsp3) is 0.235. The van der Waals surface area contributed by atoms with Crippen molar-refractivity contribution in [2.45, 2.75) is 19.3 Å². The van der Waals surface area contributed by atoms with E-state index in [9.17, 15) is 9.90 Å². The second kappa shape index (κ2) is 5.78. The number of hydrogen-bond acceptors (Lipinski definition) is 2. The highest BCUT2D eigenvalue weighted by Gasteiger charge is 2.25. The summed E-state index contributed by atoms with van der Waals surface area (Å²) in [4.78, 5) is 14.3. The number of halogens is 1. The van der Waals surface area contributed by atoms with E-state index in [1.165, 1.54) is 0 Å². The number of phenolic OH excluding ortho intramolecular Hbond substituents is 1. The first-order chi connectivity index (χ1) is 10.2. The predicted octanol–water partition coefficient (Wildman–Crippen LogP) is 3.57. The summed E-state index contributed by atoms with van der Waals surface area (Å²) in [6, 6.07) is 12.8. The van der Waals surface area contributed by atoms with Gasteiger partial charge in [0.05, 0.1) is 12.1 Å². The Morgan fingerprint density at radius 3 is 2.81 bits per heavy atom. The maximum Gasteiger partial charge on any atom is 0.231 e. The van der Waals surface area contributed by atoms with E-state index in [4.69, 9.17) is 11.6 Å². The van der Waals surface area contributed by atoms with Crippen LogP contribution in [0, 0.1) is 0 Å². The summed E-state index contributed by atoms with van der Waals surface area (Å²) in [6.45, 7) is 0.633. The molecule has 3 nitrogen and oxygen atoms in total. The molecule has 0 atom stereocenters. The number of nitrogens with zero attached hydrogens (tertiary/aromatic N) is 1. The largest absolute Gasteiger partial charge is 0.506 e. The molecule has 0 saturated carbocycles. The Morgan fingerprint density at radius 1 is 1.19 bits per heavy atom. The van der Waals surface area contributed by atoms with E-state index in [-0.39, 0.29) is 18.1 Å². The molecular weight excluding hydrogens is 286 g/mol. The van der Waals surface area contributed by atoms with Crippen molar-refractivity contribution in [1.82, 2.24) is 0 Å².